The fourth-order valence-corrected chi connectivity index (χ4v) is 3.01. The molecule has 0 spiro atoms. The molecule has 4 aromatic rings. The van der Waals surface area contributed by atoms with Gasteiger partial charge in [-0.1, -0.05) is 0 Å². The zero-order valence-electron chi connectivity index (χ0n) is 16.2. The Morgan fingerprint density at radius 2 is 1.97 bits per heavy atom. The van der Waals surface area contributed by atoms with Crippen molar-refractivity contribution in [2.75, 3.05) is 20.8 Å². The van der Waals surface area contributed by atoms with Gasteiger partial charge in [0, 0.05) is 24.0 Å². The van der Waals surface area contributed by atoms with Gasteiger partial charge in [0.15, 0.2) is 12.4 Å². The fourth-order valence-electron chi connectivity index (χ4n) is 3.01. The van der Waals surface area contributed by atoms with Crippen molar-refractivity contribution in [3.8, 4) is 46.4 Å². The Hall–Kier alpha value is -4.32. The molecule has 0 atom stereocenters. The van der Waals surface area contributed by atoms with E-state index >= 15 is 0 Å². The molecule has 0 unspecified atom stereocenters. The zero-order valence-corrected chi connectivity index (χ0v) is 16.2. The van der Waals surface area contributed by atoms with E-state index in [1.807, 2.05) is 6.07 Å². The van der Waals surface area contributed by atoms with E-state index in [1.54, 1.807) is 60.6 Å². The van der Waals surface area contributed by atoms with Gasteiger partial charge in [-0.3, -0.25) is 4.57 Å². The van der Waals surface area contributed by atoms with Crippen LogP contribution < -0.4 is 14.2 Å². The van der Waals surface area contributed by atoms with E-state index in [1.165, 1.54) is 7.11 Å². The van der Waals surface area contributed by atoms with Crippen LogP contribution in [-0.2, 0) is 0 Å². The van der Waals surface area contributed by atoms with Crippen molar-refractivity contribution in [2.24, 2.45) is 0 Å². The third-order valence-electron chi connectivity index (χ3n) is 4.46. The average molecular weight is 403 g/mol. The highest BCUT2D eigenvalue weighted by Gasteiger charge is 2.14. The summed E-state index contributed by atoms with van der Waals surface area (Å²) in [7, 11) is 3.07. The van der Waals surface area contributed by atoms with Crippen LogP contribution in [0.15, 0.2) is 48.9 Å². The Kier molecular flexibility index (Phi) is 5.05. The Bertz CT molecular complexity index is 1240. The summed E-state index contributed by atoms with van der Waals surface area (Å²) in [6.45, 7) is -0.0807. The van der Waals surface area contributed by atoms with Gasteiger partial charge >= 0.3 is 0 Å². The molecule has 4 aromatic heterocycles. The van der Waals surface area contributed by atoms with Gasteiger partial charge in [0.05, 0.1) is 42.7 Å². The topological polar surface area (TPSA) is 115 Å². The second kappa shape index (κ2) is 7.97. The van der Waals surface area contributed by atoms with E-state index in [-0.39, 0.29) is 12.5 Å². The van der Waals surface area contributed by atoms with E-state index in [9.17, 15) is 5.11 Å². The molecule has 1 N–H and O–H groups in total. The smallest absolute Gasteiger partial charge is 0.256 e. The quantitative estimate of drug-likeness (QED) is 0.522. The van der Waals surface area contributed by atoms with Crippen LogP contribution in [0.25, 0.3) is 27.8 Å². The maximum absolute atomic E-state index is 10.6. The monoisotopic (exact) mass is 403 g/mol. The third-order valence-corrected chi connectivity index (χ3v) is 4.46. The second-order valence-electron chi connectivity index (χ2n) is 6.19. The summed E-state index contributed by atoms with van der Waals surface area (Å²) >= 11 is 0. The Balaban J connectivity index is 1.71. The Morgan fingerprint density at radius 3 is 2.67 bits per heavy atom. The van der Waals surface area contributed by atoms with Crippen LogP contribution in [0.4, 0.5) is 0 Å². The lowest BCUT2D eigenvalue weighted by molar-refractivity contribution is 0.343. The SMILES string of the molecule is COc1cc(-c2ccc3c(O)n(-c4ccc(OCC#N)nc4)cc3n2)cnc1OC. The molecule has 9 nitrogen and oxygen atoms in total. The summed E-state index contributed by atoms with van der Waals surface area (Å²) in [6.07, 6.45) is 4.91. The van der Waals surface area contributed by atoms with E-state index in [0.717, 1.165) is 5.56 Å². The van der Waals surface area contributed by atoms with Gasteiger partial charge in [-0.05, 0) is 24.3 Å². The molecule has 0 aliphatic carbocycles. The van der Waals surface area contributed by atoms with E-state index < -0.39 is 0 Å². The van der Waals surface area contributed by atoms with E-state index in [0.29, 0.717) is 39.8 Å². The Morgan fingerprint density at radius 1 is 1.10 bits per heavy atom. The number of aromatic nitrogens is 4. The summed E-state index contributed by atoms with van der Waals surface area (Å²) in [5.41, 5.74) is 2.66. The maximum atomic E-state index is 10.6. The van der Waals surface area contributed by atoms with Gasteiger partial charge in [-0.15, -0.1) is 0 Å². The summed E-state index contributed by atoms with van der Waals surface area (Å²) < 4.78 is 17.2. The van der Waals surface area contributed by atoms with Crippen molar-refractivity contribution in [3.63, 3.8) is 0 Å². The van der Waals surface area contributed by atoms with Gasteiger partial charge in [-0.25, -0.2) is 15.0 Å². The van der Waals surface area contributed by atoms with Crippen LogP contribution in [0.5, 0.6) is 23.4 Å². The first-order valence-corrected chi connectivity index (χ1v) is 8.90. The number of nitrogens with zero attached hydrogens (tertiary/aromatic N) is 5. The van der Waals surface area contributed by atoms with Crippen LogP contribution in [0.3, 0.4) is 0 Å². The second-order valence-corrected chi connectivity index (χ2v) is 6.19. The standard InChI is InChI=1S/C21H17N5O4/c1-28-18-9-13(10-24-20(18)29-2)16-5-4-15-17(25-16)12-26(21(15)27)14-3-6-19(23-11-14)30-8-7-22/h3-6,9-12,27H,8H2,1-2H3. The van der Waals surface area contributed by atoms with Gasteiger partial charge in [0.25, 0.3) is 5.88 Å². The predicted molar refractivity (Wildman–Crippen MR) is 108 cm³/mol. The molecule has 0 saturated heterocycles. The molecule has 0 radical (unpaired) electrons. The van der Waals surface area contributed by atoms with Crippen LogP contribution in [0, 0.1) is 11.3 Å². The number of hydrogen-bond acceptors (Lipinski definition) is 8. The van der Waals surface area contributed by atoms with Gasteiger partial charge in [0.2, 0.25) is 11.8 Å². The van der Waals surface area contributed by atoms with E-state index in [4.69, 9.17) is 19.5 Å². The van der Waals surface area contributed by atoms with Gasteiger partial charge < -0.3 is 19.3 Å². The number of pyridine rings is 3. The maximum Gasteiger partial charge on any atom is 0.256 e. The molecule has 150 valence electrons. The molecular formula is C21H17N5O4. The first kappa shape index (κ1) is 19.0. The molecule has 0 aliphatic rings. The number of methoxy groups -OCH3 is 2. The van der Waals surface area contributed by atoms with E-state index in [2.05, 4.69) is 15.0 Å². The number of fused-ring (bicyclic) bond motifs is 1. The highest BCUT2D eigenvalue weighted by Crippen LogP contribution is 2.33. The van der Waals surface area contributed by atoms with Crippen molar-refractivity contribution in [2.45, 2.75) is 0 Å². The minimum Gasteiger partial charge on any atom is -0.494 e. The molecular weight excluding hydrogens is 386 g/mol. The zero-order chi connectivity index (χ0) is 21.1. The molecule has 4 rings (SSSR count). The van der Waals surface area contributed by atoms with Crippen molar-refractivity contribution in [3.05, 3.63) is 48.9 Å². The summed E-state index contributed by atoms with van der Waals surface area (Å²) in [6, 6.07) is 10.6. The van der Waals surface area contributed by atoms with Crippen molar-refractivity contribution in [1.82, 2.24) is 19.5 Å². The first-order valence-electron chi connectivity index (χ1n) is 8.90. The minimum atomic E-state index is -0.0807. The molecule has 30 heavy (non-hydrogen) atoms. The number of rotatable bonds is 6. The fraction of sp³-hybridized carbons (Fsp3) is 0.143. The molecule has 9 heteroatoms. The number of nitriles is 1. The summed E-state index contributed by atoms with van der Waals surface area (Å²) in [5, 5.41) is 19.8. The molecule has 0 bridgehead atoms. The van der Waals surface area contributed by atoms with Crippen molar-refractivity contribution in [1.29, 1.82) is 5.26 Å². The number of aromatic hydroxyl groups is 1. The van der Waals surface area contributed by atoms with Crippen LogP contribution in [-0.4, -0.2) is 45.5 Å². The highest BCUT2D eigenvalue weighted by atomic mass is 16.5. The number of ether oxygens (including phenoxy) is 3. The van der Waals surface area contributed by atoms with Crippen LogP contribution >= 0.6 is 0 Å². The molecule has 0 aromatic carbocycles. The van der Waals surface area contributed by atoms with Crippen LogP contribution in [0.2, 0.25) is 0 Å². The molecule has 0 amide bonds. The lowest BCUT2D eigenvalue weighted by Crippen LogP contribution is -1.97. The predicted octanol–water partition coefficient (Wildman–Crippen LogP) is 3.11. The van der Waals surface area contributed by atoms with Crippen LogP contribution in [0.1, 0.15) is 0 Å². The molecule has 4 heterocycles. The minimum absolute atomic E-state index is 0.0435. The first-order chi connectivity index (χ1) is 14.6. The highest BCUT2D eigenvalue weighted by molar-refractivity contribution is 5.87. The lowest BCUT2D eigenvalue weighted by atomic mass is 10.1. The average Bonchev–Trinajstić information content (AvgIpc) is 3.13. The Labute approximate surface area is 171 Å². The molecule has 0 fully saturated rings. The van der Waals surface area contributed by atoms with Gasteiger partial charge in [-0.2, -0.15) is 5.26 Å². The lowest BCUT2D eigenvalue weighted by Gasteiger charge is -2.08. The molecule has 0 aliphatic heterocycles. The third kappa shape index (κ3) is 3.42. The number of hydrogen-bond donors (Lipinski definition) is 1. The van der Waals surface area contributed by atoms with Crippen molar-refractivity contribution < 1.29 is 19.3 Å². The summed E-state index contributed by atoms with van der Waals surface area (Å²) in [5.74, 6) is 1.27. The molecule has 0 saturated carbocycles. The van der Waals surface area contributed by atoms with Crippen molar-refractivity contribution >= 4 is 10.9 Å². The summed E-state index contributed by atoms with van der Waals surface area (Å²) in [4.78, 5) is 13.0. The van der Waals surface area contributed by atoms with Gasteiger partial charge in [0.1, 0.15) is 6.07 Å². The normalized spacial score (nSPS) is 10.6. The largest absolute Gasteiger partial charge is 0.494 e.